The first-order valence-corrected chi connectivity index (χ1v) is 13.1. The Kier molecular flexibility index (Phi) is 8.23. The molecule has 0 unspecified atom stereocenters. The fourth-order valence-electron chi connectivity index (χ4n) is 5.04. The van der Waals surface area contributed by atoms with Crippen LogP contribution in [0.5, 0.6) is 0 Å². The number of hydrogen-bond acceptors (Lipinski definition) is 4. The van der Waals surface area contributed by atoms with E-state index in [1.165, 1.54) is 25.7 Å². The Morgan fingerprint density at radius 2 is 1.43 bits per heavy atom. The van der Waals surface area contributed by atoms with Gasteiger partial charge in [-0.15, -0.1) is 0 Å². The van der Waals surface area contributed by atoms with Gasteiger partial charge in [-0.3, -0.25) is 14.4 Å². The van der Waals surface area contributed by atoms with Crippen LogP contribution in [-0.4, -0.2) is 51.9 Å². The summed E-state index contributed by atoms with van der Waals surface area (Å²) in [5.41, 5.74) is 10.1. The maximum absolute atomic E-state index is 12.8. The quantitative estimate of drug-likeness (QED) is 0.311. The molecular formula is C31H34N4O5. The zero-order valence-electron chi connectivity index (χ0n) is 22.8. The molecule has 0 saturated carbocycles. The Morgan fingerprint density at radius 1 is 0.900 bits per heavy atom. The van der Waals surface area contributed by atoms with Crippen LogP contribution < -0.4 is 16.4 Å². The van der Waals surface area contributed by atoms with Crippen molar-refractivity contribution in [3.05, 3.63) is 95.1 Å². The molecule has 1 aliphatic carbocycles. The van der Waals surface area contributed by atoms with Crippen molar-refractivity contribution < 1.29 is 24.3 Å². The standard InChI is InChI=1S/C31H34N4O5/c1-19(36)33-27(28(37)34-31(2,3)29(32)38)16-20-12-14-21(15-13-20)17-35(30(39)40)18-26-24-10-6-4-8-22(24)23-9-5-7-11-25(23)26/h4-15,26-27H,16-18H2,1-3H3,(H2,32,38)(H,33,36)(H,34,37)(H,39,40)/t27-/m0/s1. The van der Waals surface area contributed by atoms with Crippen molar-refractivity contribution in [3.63, 3.8) is 0 Å². The lowest BCUT2D eigenvalue weighted by molar-refractivity contribution is -0.133. The highest BCUT2D eigenvalue weighted by Crippen LogP contribution is 2.44. The van der Waals surface area contributed by atoms with E-state index in [0.717, 1.165) is 33.4 Å². The van der Waals surface area contributed by atoms with E-state index in [1.54, 1.807) is 12.1 Å². The highest BCUT2D eigenvalue weighted by molar-refractivity contribution is 5.93. The van der Waals surface area contributed by atoms with Crippen LogP contribution >= 0.6 is 0 Å². The third-order valence-electron chi connectivity index (χ3n) is 7.22. The average Bonchev–Trinajstić information content (AvgIpc) is 3.22. The third-order valence-corrected chi connectivity index (χ3v) is 7.22. The predicted octanol–water partition coefficient (Wildman–Crippen LogP) is 3.41. The number of nitrogens with one attached hydrogen (secondary N) is 2. The normalized spacial score (nSPS) is 13.1. The first-order valence-electron chi connectivity index (χ1n) is 13.1. The van der Waals surface area contributed by atoms with Gasteiger partial charge in [0, 0.05) is 32.4 Å². The monoisotopic (exact) mass is 542 g/mol. The van der Waals surface area contributed by atoms with Gasteiger partial charge in [-0.2, -0.15) is 0 Å². The average molecular weight is 543 g/mol. The van der Waals surface area contributed by atoms with Crippen LogP contribution in [0.2, 0.25) is 0 Å². The number of carbonyl (C=O) groups is 4. The summed E-state index contributed by atoms with van der Waals surface area (Å²) < 4.78 is 0. The van der Waals surface area contributed by atoms with Crippen LogP contribution in [-0.2, 0) is 27.3 Å². The number of nitrogens with zero attached hydrogens (tertiary/aromatic N) is 1. The van der Waals surface area contributed by atoms with Crippen molar-refractivity contribution in [1.29, 1.82) is 0 Å². The van der Waals surface area contributed by atoms with E-state index in [2.05, 4.69) is 34.9 Å². The van der Waals surface area contributed by atoms with E-state index in [-0.39, 0.29) is 24.8 Å². The second kappa shape index (κ2) is 11.6. The third kappa shape index (κ3) is 6.31. The van der Waals surface area contributed by atoms with E-state index in [1.807, 2.05) is 36.4 Å². The van der Waals surface area contributed by atoms with Gasteiger partial charge in [0.1, 0.15) is 11.6 Å². The minimum Gasteiger partial charge on any atom is -0.465 e. The van der Waals surface area contributed by atoms with Gasteiger partial charge < -0.3 is 26.4 Å². The summed E-state index contributed by atoms with van der Waals surface area (Å²) in [5.74, 6) is -1.68. The van der Waals surface area contributed by atoms with E-state index in [9.17, 15) is 24.3 Å². The number of carbonyl (C=O) groups excluding carboxylic acids is 3. The second-order valence-electron chi connectivity index (χ2n) is 10.6. The molecule has 9 nitrogen and oxygen atoms in total. The van der Waals surface area contributed by atoms with Gasteiger partial charge >= 0.3 is 6.09 Å². The van der Waals surface area contributed by atoms with Crippen molar-refractivity contribution >= 4 is 23.8 Å². The van der Waals surface area contributed by atoms with Gasteiger partial charge in [0.15, 0.2) is 0 Å². The summed E-state index contributed by atoms with van der Waals surface area (Å²) in [6, 6.07) is 22.5. The fourth-order valence-corrected chi connectivity index (χ4v) is 5.04. The van der Waals surface area contributed by atoms with Crippen LogP contribution in [0.15, 0.2) is 72.8 Å². The molecule has 0 spiro atoms. The Hall–Kier alpha value is -4.66. The van der Waals surface area contributed by atoms with Crippen LogP contribution in [0.1, 0.15) is 48.9 Å². The molecule has 0 bridgehead atoms. The predicted molar refractivity (Wildman–Crippen MR) is 151 cm³/mol. The molecule has 4 amide bonds. The molecule has 1 atom stereocenters. The van der Waals surface area contributed by atoms with Crippen molar-refractivity contribution in [2.24, 2.45) is 5.73 Å². The molecule has 1 aliphatic rings. The lowest BCUT2D eigenvalue weighted by Crippen LogP contribution is -2.58. The van der Waals surface area contributed by atoms with Crippen LogP contribution in [0, 0.1) is 0 Å². The summed E-state index contributed by atoms with van der Waals surface area (Å²) in [6.45, 7) is 4.79. The molecule has 0 heterocycles. The Balaban J connectivity index is 1.47. The molecule has 0 aliphatic heterocycles. The molecule has 0 radical (unpaired) electrons. The minimum atomic E-state index is -1.28. The number of carboxylic acid groups (broad SMARTS) is 1. The molecule has 208 valence electrons. The molecule has 4 rings (SSSR count). The number of hydrogen-bond donors (Lipinski definition) is 4. The van der Waals surface area contributed by atoms with Gasteiger partial charge in [-0.05, 0) is 47.2 Å². The molecular weight excluding hydrogens is 508 g/mol. The van der Waals surface area contributed by atoms with Gasteiger partial charge in [-0.25, -0.2) is 4.79 Å². The lowest BCUT2D eigenvalue weighted by atomic mass is 9.96. The molecule has 40 heavy (non-hydrogen) atoms. The number of rotatable bonds is 10. The van der Waals surface area contributed by atoms with E-state index < -0.39 is 29.5 Å². The summed E-state index contributed by atoms with van der Waals surface area (Å²) in [6.07, 6.45) is -0.830. The molecule has 0 saturated heterocycles. The van der Waals surface area contributed by atoms with Crippen molar-refractivity contribution in [1.82, 2.24) is 15.5 Å². The minimum absolute atomic E-state index is 0.0654. The fraction of sp³-hybridized carbons (Fsp3) is 0.290. The molecule has 5 N–H and O–H groups in total. The number of primary amides is 1. The van der Waals surface area contributed by atoms with Crippen LogP contribution in [0.4, 0.5) is 4.79 Å². The molecule has 9 heteroatoms. The maximum Gasteiger partial charge on any atom is 0.407 e. The number of nitrogens with two attached hydrogens (primary N) is 1. The molecule has 0 aromatic heterocycles. The number of fused-ring (bicyclic) bond motifs is 3. The van der Waals surface area contributed by atoms with Crippen molar-refractivity contribution in [2.75, 3.05) is 6.54 Å². The van der Waals surface area contributed by atoms with Crippen LogP contribution in [0.25, 0.3) is 11.1 Å². The maximum atomic E-state index is 12.8. The van der Waals surface area contributed by atoms with Gasteiger partial charge in [0.25, 0.3) is 0 Å². The summed E-state index contributed by atoms with van der Waals surface area (Å²) >= 11 is 0. The van der Waals surface area contributed by atoms with Gasteiger partial charge in [0.05, 0.1) is 0 Å². The van der Waals surface area contributed by atoms with Crippen molar-refractivity contribution in [2.45, 2.75) is 51.2 Å². The second-order valence-corrected chi connectivity index (χ2v) is 10.6. The van der Waals surface area contributed by atoms with E-state index in [0.29, 0.717) is 6.54 Å². The lowest BCUT2D eigenvalue weighted by Gasteiger charge is -2.26. The first-order chi connectivity index (χ1) is 19.0. The van der Waals surface area contributed by atoms with Crippen molar-refractivity contribution in [3.8, 4) is 11.1 Å². The van der Waals surface area contributed by atoms with Gasteiger partial charge in [-0.1, -0.05) is 72.8 Å². The number of benzene rings is 3. The first kappa shape index (κ1) is 28.4. The van der Waals surface area contributed by atoms with E-state index >= 15 is 0 Å². The smallest absolute Gasteiger partial charge is 0.407 e. The topological polar surface area (TPSA) is 142 Å². The zero-order chi connectivity index (χ0) is 29.0. The van der Waals surface area contributed by atoms with E-state index in [4.69, 9.17) is 5.73 Å². The SMILES string of the molecule is CC(=O)N[C@@H](Cc1ccc(CN(CC2c3ccccc3-c3ccccc32)C(=O)O)cc1)C(=O)NC(C)(C)C(N)=O. The van der Waals surface area contributed by atoms with Gasteiger partial charge in [0.2, 0.25) is 17.7 Å². The summed E-state index contributed by atoms with van der Waals surface area (Å²) in [5, 5.41) is 15.2. The Bertz CT molecular complexity index is 1390. The highest BCUT2D eigenvalue weighted by atomic mass is 16.4. The molecule has 3 aromatic carbocycles. The molecule has 3 aromatic rings. The Labute approximate surface area is 233 Å². The summed E-state index contributed by atoms with van der Waals surface area (Å²) in [4.78, 5) is 49.9. The Morgan fingerprint density at radius 3 is 1.93 bits per heavy atom. The summed E-state index contributed by atoms with van der Waals surface area (Å²) in [7, 11) is 0. The largest absolute Gasteiger partial charge is 0.465 e. The van der Waals surface area contributed by atoms with Crippen LogP contribution in [0.3, 0.4) is 0 Å². The molecule has 0 fully saturated rings. The highest BCUT2D eigenvalue weighted by Gasteiger charge is 2.32. The zero-order valence-corrected chi connectivity index (χ0v) is 22.8. The number of amides is 4.